The van der Waals surface area contributed by atoms with Crippen LogP contribution >= 0.6 is 0 Å². The van der Waals surface area contributed by atoms with E-state index in [1.54, 1.807) is 0 Å². The molecule has 2 heterocycles. The molecule has 2 N–H and O–H groups in total. The van der Waals surface area contributed by atoms with E-state index in [0.717, 1.165) is 12.0 Å². The van der Waals surface area contributed by atoms with Crippen LogP contribution in [-0.2, 0) is 16.0 Å². The molecule has 1 aliphatic heterocycles. The molecule has 126 valence electrons. The zero-order chi connectivity index (χ0) is 16.8. The molecule has 3 rings (SSSR count). The summed E-state index contributed by atoms with van der Waals surface area (Å²) in [7, 11) is 0. The van der Waals surface area contributed by atoms with Gasteiger partial charge in [0.1, 0.15) is 6.04 Å². The van der Waals surface area contributed by atoms with E-state index in [0.29, 0.717) is 44.0 Å². The number of aryl methyl sites for hydroxylation is 1. The van der Waals surface area contributed by atoms with E-state index in [1.165, 1.54) is 0 Å². The lowest BCUT2D eigenvalue weighted by Gasteiger charge is -2.22. The van der Waals surface area contributed by atoms with Gasteiger partial charge in [-0.25, -0.2) is 0 Å². The monoisotopic (exact) mass is 328 g/mol. The molecule has 1 atom stereocenters. The number of aromatic nitrogens is 2. The highest BCUT2D eigenvalue weighted by Gasteiger charge is 2.23. The average Bonchev–Trinajstić information content (AvgIpc) is 3.07. The molecule has 1 aliphatic rings. The predicted molar refractivity (Wildman–Crippen MR) is 86.8 cm³/mol. The summed E-state index contributed by atoms with van der Waals surface area (Å²) in [4.78, 5) is 23.5. The zero-order valence-corrected chi connectivity index (χ0v) is 13.3. The van der Waals surface area contributed by atoms with Crippen molar-refractivity contribution in [1.29, 1.82) is 0 Å². The Balaban J connectivity index is 1.44. The number of benzene rings is 1. The fraction of sp³-hybridized carbons (Fsp3) is 0.412. The Kier molecular flexibility index (Phi) is 5.20. The molecule has 7 heteroatoms. The van der Waals surface area contributed by atoms with Crippen molar-refractivity contribution in [3.63, 3.8) is 0 Å². The summed E-state index contributed by atoms with van der Waals surface area (Å²) in [5, 5.41) is 13.5. The SMILES string of the molecule is O=C(CCCc1nnc(-c2ccccc2)o1)N[C@H]1CCCNC1=O. The van der Waals surface area contributed by atoms with Crippen molar-refractivity contribution in [2.75, 3.05) is 6.54 Å². The van der Waals surface area contributed by atoms with E-state index in [4.69, 9.17) is 4.42 Å². The largest absolute Gasteiger partial charge is 0.421 e. The molecule has 1 aromatic carbocycles. The highest BCUT2D eigenvalue weighted by molar-refractivity contribution is 5.88. The van der Waals surface area contributed by atoms with Crippen molar-refractivity contribution in [3.8, 4) is 11.5 Å². The normalized spacial score (nSPS) is 17.3. The van der Waals surface area contributed by atoms with E-state index < -0.39 is 6.04 Å². The molecule has 0 radical (unpaired) electrons. The van der Waals surface area contributed by atoms with Crippen molar-refractivity contribution in [2.24, 2.45) is 0 Å². The van der Waals surface area contributed by atoms with Crippen LogP contribution in [0.3, 0.4) is 0 Å². The average molecular weight is 328 g/mol. The number of amides is 2. The van der Waals surface area contributed by atoms with Gasteiger partial charge < -0.3 is 15.1 Å². The van der Waals surface area contributed by atoms with E-state index in [2.05, 4.69) is 20.8 Å². The van der Waals surface area contributed by atoms with E-state index in [9.17, 15) is 9.59 Å². The van der Waals surface area contributed by atoms with E-state index in [1.807, 2.05) is 30.3 Å². The Morgan fingerprint density at radius 2 is 2.12 bits per heavy atom. The number of nitrogens with one attached hydrogen (secondary N) is 2. The Hall–Kier alpha value is -2.70. The first-order valence-corrected chi connectivity index (χ1v) is 8.17. The van der Waals surface area contributed by atoms with Gasteiger partial charge in [0.15, 0.2) is 0 Å². The summed E-state index contributed by atoms with van der Waals surface area (Å²) in [6.45, 7) is 0.687. The fourth-order valence-corrected chi connectivity index (χ4v) is 2.63. The van der Waals surface area contributed by atoms with Crippen LogP contribution in [0.15, 0.2) is 34.7 Å². The van der Waals surface area contributed by atoms with Crippen molar-refractivity contribution in [3.05, 3.63) is 36.2 Å². The highest BCUT2D eigenvalue weighted by atomic mass is 16.4. The number of piperidine rings is 1. The van der Waals surface area contributed by atoms with Gasteiger partial charge in [-0.2, -0.15) is 0 Å². The van der Waals surface area contributed by atoms with Crippen LogP contribution in [0.5, 0.6) is 0 Å². The Morgan fingerprint density at radius 3 is 2.92 bits per heavy atom. The minimum Gasteiger partial charge on any atom is -0.421 e. The van der Waals surface area contributed by atoms with Crippen LogP contribution in [0.4, 0.5) is 0 Å². The van der Waals surface area contributed by atoms with Crippen LogP contribution in [0, 0.1) is 0 Å². The van der Waals surface area contributed by atoms with Crippen LogP contribution in [0.2, 0.25) is 0 Å². The quantitative estimate of drug-likeness (QED) is 0.836. The molecule has 0 unspecified atom stereocenters. The Morgan fingerprint density at radius 1 is 1.29 bits per heavy atom. The molecule has 24 heavy (non-hydrogen) atoms. The molecule has 2 amide bonds. The summed E-state index contributed by atoms with van der Waals surface area (Å²) in [5.74, 6) is 0.768. The molecule has 0 aliphatic carbocycles. The lowest BCUT2D eigenvalue weighted by Crippen LogP contribution is -2.50. The van der Waals surface area contributed by atoms with Gasteiger partial charge in [-0.3, -0.25) is 9.59 Å². The van der Waals surface area contributed by atoms with Crippen molar-refractivity contribution in [2.45, 2.75) is 38.1 Å². The van der Waals surface area contributed by atoms with Gasteiger partial charge in [-0.05, 0) is 31.4 Å². The zero-order valence-electron chi connectivity index (χ0n) is 13.3. The van der Waals surface area contributed by atoms with Gasteiger partial charge in [0.05, 0.1) is 0 Å². The first kappa shape index (κ1) is 16.2. The van der Waals surface area contributed by atoms with Crippen molar-refractivity contribution >= 4 is 11.8 Å². The first-order chi connectivity index (χ1) is 11.7. The van der Waals surface area contributed by atoms with Gasteiger partial charge in [-0.1, -0.05) is 18.2 Å². The number of carbonyl (C=O) groups excluding carboxylic acids is 2. The number of carbonyl (C=O) groups is 2. The van der Waals surface area contributed by atoms with Crippen LogP contribution in [0.25, 0.3) is 11.5 Å². The summed E-state index contributed by atoms with van der Waals surface area (Å²) in [6, 6.07) is 9.14. The van der Waals surface area contributed by atoms with Crippen LogP contribution in [-0.4, -0.2) is 34.6 Å². The lowest BCUT2D eigenvalue weighted by molar-refractivity contribution is -0.130. The van der Waals surface area contributed by atoms with Gasteiger partial charge >= 0.3 is 0 Å². The maximum Gasteiger partial charge on any atom is 0.247 e. The van der Waals surface area contributed by atoms with Gasteiger partial charge in [-0.15, -0.1) is 10.2 Å². The molecule has 0 saturated carbocycles. The minimum atomic E-state index is -0.403. The summed E-state index contributed by atoms with van der Waals surface area (Å²) >= 11 is 0. The van der Waals surface area contributed by atoms with Gasteiger partial charge in [0.25, 0.3) is 0 Å². The third-order valence-electron chi connectivity index (χ3n) is 3.90. The molecule has 1 saturated heterocycles. The third-order valence-corrected chi connectivity index (χ3v) is 3.90. The number of hydrogen-bond donors (Lipinski definition) is 2. The standard InChI is InChI=1S/C17H20N4O3/c22-14(19-13-8-5-11-18-16(13)23)9-4-10-15-20-21-17(24-15)12-6-2-1-3-7-12/h1-3,6-7,13H,4-5,8-11H2,(H,18,23)(H,19,22)/t13-/m0/s1. The maximum atomic E-state index is 11.9. The van der Waals surface area contributed by atoms with E-state index >= 15 is 0 Å². The highest BCUT2D eigenvalue weighted by Crippen LogP contribution is 2.17. The van der Waals surface area contributed by atoms with E-state index in [-0.39, 0.29) is 11.8 Å². The first-order valence-electron chi connectivity index (χ1n) is 8.17. The van der Waals surface area contributed by atoms with Gasteiger partial charge in [0.2, 0.25) is 23.6 Å². The molecule has 2 aromatic rings. The smallest absolute Gasteiger partial charge is 0.247 e. The molecular weight excluding hydrogens is 308 g/mol. The second-order valence-corrected chi connectivity index (χ2v) is 5.77. The molecule has 0 bridgehead atoms. The van der Waals surface area contributed by atoms with Crippen LogP contribution in [0.1, 0.15) is 31.6 Å². The lowest BCUT2D eigenvalue weighted by atomic mass is 10.1. The number of hydrogen-bond acceptors (Lipinski definition) is 5. The molecule has 1 fully saturated rings. The molecule has 0 spiro atoms. The summed E-state index contributed by atoms with van der Waals surface area (Å²) in [6.07, 6.45) is 3.04. The van der Waals surface area contributed by atoms with Crippen LogP contribution < -0.4 is 10.6 Å². The fourth-order valence-electron chi connectivity index (χ4n) is 2.63. The topological polar surface area (TPSA) is 97.1 Å². The van der Waals surface area contributed by atoms with Gasteiger partial charge in [0, 0.05) is 24.9 Å². The molecule has 7 nitrogen and oxygen atoms in total. The summed E-state index contributed by atoms with van der Waals surface area (Å²) in [5.41, 5.74) is 0.873. The minimum absolute atomic E-state index is 0.0981. The Bertz CT molecular complexity index is 699. The molecular formula is C17H20N4O3. The predicted octanol–water partition coefficient (Wildman–Crippen LogP) is 1.45. The second kappa shape index (κ2) is 7.72. The number of rotatable bonds is 6. The number of nitrogens with zero attached hydrogens (tertiary/aromatic N) is 2. The Labute approximate surface area is 139 Å². The summed E-state index contributed by atoms with van der Waals surface area (Å²) < 4.78 is 5.60. The third kappa shape index (κ3) is 4.18. The molecule has 1 aromatic heterocycles. The maximum absolute atomic E-state index is 11.9. The van der Waals surface area contributed by atoms with Crippen molar-refractivity contribution < 1.29 is 14.0 Å². The second-order valence-electron chi connectivity index (χ2n) is 5.77. The van der Waals surface area contributed by atoms with Crippen molar-refractivity contribution in [1.82, 2.24) is 20.8 Å².